The largest absolute Gasteiger partial charge is 0.472 e. The lowest BCUT2D eigenvalue weighted by atomic mass is 10.0. The zero-order valence-corrected chi connectivity index (χ0v) is 49.0. The highest BCUT2D eigenvalue weighted by atomic mass is 31.2. The Labute approximate surface area is 450 Å². The van der Waals surface area contributed by atoms with Crippen molar-refractivity contribution in [2.45, 2.75) is 264 Å². The first-order valence-electron chi connectivity index (χ1n) is 29.9. The Morgan fingerprint density at radius 1 is 0.493 bits per heavy atom. The smallest absolute Gasteiger partial charge is 0.456 e. The van der Waals surface area contributed by atoms with Gasteiger partial charge in [0.05, 0.1) is 33.8 Å². The molecule has 0 aromatic heterocycles. The number of phosphoric acid groups is 1. The van der Waals surface area contributed by atoms with Crippen molar-refractivity contribution in [1.82, 2.24) is 5.32 Å². The van der Waals surface area contributed by atoms with Crippen molar-refractivity contribution >= 4 is 19.7 Å². The molecular formula is C63H114N2O7P+. The standard InChI is InChI=1S/C63H113N2O7P/c1-7-10-13-16-19-22-25-28-30-31-32-33-35-37-40-43-46-49-52-55-62(66)64-60(59-71-73(68,69)70-58-57-65(4,5)6)61(54-51-48-45-42-39-36-27-24-21-18-15-12-9-3)72-63(67)56-53-50-47-44-41-38-34-29-26-23-20-17-14-11-8-2/h10,13,19,22-23,26,28,30,32-33,37,40,51,54,60-61H,7-9,11-12,14-18,20-21,24-25,27,29,31,34-36,38-39,41-50,52-53,55-59H2,1-6H3,(H-,64,66,68,69)/p+1/b13-10-,22-19-,26-23-,30-28-,33-32-,40-37-,54-51-. The van der Waals surface area contributed by atoms with Crippen LogP contribution in [0.4, 0.5) is 0 Å². The van der Waals surface area contributed by atoms with E-state index in [-0.39, 0.29) is 37.9 Å². The highest BCUT2D eigenvalue weighted by Gasteiger charge is 2.30. The van der Waals surface area contributed by atoms with Crippen LogP contribution in [0, 0.1) is 0 Å². The van der Waals surface area contributed by atoms with Crippen LogP contribution in [-0.4, -0.2) is 74.3 Å². The molecule has 0 fully saturated rings. The molecule has 0 spiro atoms. The van der Waals surface area contributed by atoms with Gasteiger partial charge in [-0.25, -0.2) is 4.57 Å². The van der Waals surface area contributed by atoms with Gasteiger partial charge in [-0.1, -0.05) is 222 Å². The number of hydrogen-bond donors (Lipinski definition) is 2. The van der Waals surface area contributed by atoms with Crippen molar-refractivity contribution in [2.24, 2.45) is 0 Å². The van der Waals surface area contributed by atoms with Gasteiger partial charge in [-0.05, 0) is 102 Å². The molecule has 73 heavy (non-hydrogen) atoms. The SMILES string of the molecule is CC/C=C\C/C=C\C/C=C\C/C=C\C/C=C\CCCCCC(=O)NC(COP(=O)(O)OCC[N+](C)(C)C)C(/C=C\CCCCCCCCCCCCC)OC(=O)CCCCCCCCC/C=C\CCCCCC. The predicted octanol–water partition coefficient (Wildman–Crippen LogP) is 18.2. The summed E-state index contributed by atoms with van der Waals surface area (Å²) in [6.45, 7) is 6.85. The van der Waals surface area contributed by atoms with E-state index in [4.69, 9.17) is 13.8 Å². The van der Waals surface area contributed by atoms with Crippen molar-refractivity contribution in [3.8, 4) is 0 Å². The van der Waals surface area contributed by atoms with Gasteiger partial charge in [-0.2, -0.15) is 0 Å². The Morgan fingerprint density at radius 2 is 0.877 bits per heavy atom. The summed E-state index contributed by atoms with van der Waals surface area (Å²) in [5.41, 5.74) is 0. The minimum absolute atomic E-state index is 0.0296. The molecule has 0 heterocycles. The van der Waals surface area contributed by atoms with Gasteiger partial charge in [0.2, 0.25) is 5.91 Å². The Bertz CT molecular complexity index is 1530. The van der Waals surface area contributed by atoms with Gasteiger partial charge in [0.1, 0.15) is 19.3 Å². The second kappa shape index (κ2) is 52.6. The zero-order chi connectivity index (χ0) is 53.6. The second-order valence-corrected chi connectivity index (χ2v) is 22.6. The predicted molar refractivity (Wildman–Crippen MR) is 314 cm³/mol. The maximum Gasteiger partial charge on any atom is 0.472 e. The highest BCUT2D eigenvalue weighted by molar-refractivity contribution is 7.47. The van der Waals surface area contributed by atoms with Crippen LogP contribution in [-0.2, 0) is 27.9 Å². The lowest BCUT2D eigenvalue weighted by Gasteiger charge is -2.27. The first kappa shape index (κ1) is 70.2. The fraction of sp³-hybridized carbons (Fsp3) is 0.746. The molecule has 0 bridgehead atoms. The fourth-order valence-corrected chi connectivity index (χ4v) is 8.93. The number of amides is 1. The van der Waals surface area contributed by atoms with Crippen LogP contribution in [0.25, 0.3) is 0 Å². The van der Waals surface area contributed by atoms with Crippen LogP contribution >= 0.6 is 7.82 Å². The molecule has 0 aromatic rings. The normalized spacial score (nSPS) is 14.3. The number of allylic oxidation sites excluding steroid dienone is 13. The number of rotatable bonds is 53. The molecule has 1 amide bonds. The van der Waals surface area contributed by atoms with E-state index < -0.39 is 20.0 Å². The number of ether oxygens (including phenoxy) is 1. The van der Waals surface area contributed by atoms with E-state index in [0.717, 1.165) is 103 Å². The number of unbranched alkanes of at least 4 members (excludes halogenated alkanes) is 25. The molecule has 0 saturated carbocycles. The van der Waals surface area contributed by atoms with E-state index in [0.29, 0.717) is 17.4 Å². The van der Waals surface area contributed by atoms with Gasteiger partial charge >= 0.3 is 13.8 Å². The molecule has 0 aliphatic rings. The first-order valence-corrected chi connectivity index (χ1v) is 31.4. The number of carbonyl (C=O) groups excluding carboxylic acids is 2. The summed E-state index contributed by atoms with van der Waals surface area (Å²) >= 11 is 0. The number of nitrogens with zero attached hydrogens (tertiary/aromatic N) is 1. The zero-order valence-electron chi connectivity index (χ0n) is 48.1. The molecule has 3 unspecified atom stereocenters. The third-order valence-electron chi connectivity index (χ3n) is 12.8. The number of carbonyl (C=O) groups is 2. The lowest BCUT2D eigenvalue weighted by molar-refractivity contribution is -0.870. The maximum atomic E-state index is 13.5. The Balaban J connectivity index is 5.40. The quantitative estimate of drug-likeness (QED) is 0.0205. The molecule has 0 aliphatic heterocycles. The van der Waals surface area contributed by atoms with Gasteiger partial charge < -0.3 is 19.4 Å². The number of likely N-dealkylation sites (N-methyl/N-ethyl adjacent to an activating group) is 1. The molecule has 0 aromatic carbocycles. The minimum atomic E-state index is -4.46. The number of phosphoric ester groups is 1. The second-order valence-electron chi connectivity index (χ2n) is 21.1. The van der Waals surface area contributed by atoms with E-state index in [1.54, 1.807) is 0 Å². The molecular weight excluding hydrogens is 928 g/mol. The number of nitrogens with one attached hydrogen (secondary N) is 1. The van der Waals surface area contributed by atoms with Crippen molar-refractivity contribution in [3.05, 3.63) is 85.1 Å². The Kier molecular flexibility index (Phi) is 50.6. The average Bonchev–Trinajstić information content (AvgIpc) is 3.35. The topological polar surface area (TPSA) is 111 Å². The van der Waals surface area contributed by atoms with Gasteiger partial charge in [0.25, 0.3) is 0 Å². The first-order chi connectivity index (χ1) is 35.4. The molecule has 0 aliphatic carbocycles. The number of esters is 1. The van der Waals surface area contributed by atoms with Gasteiger partial charge in [-0.3, -0.25) is 18.6 Å². The summed E-state index contributed by atoms with van der Waals surface area (Å²) < 4.78 is 30.6. The summed E-state index contributed by atoms with van der Waals surface area (Å²) in [5, 5.41) is 3.03. The summed E-state index contributed by atoms with van der Waals surface area (Å²) in [6.07, 6.45) is 68.6. The third-order valence-corrected chi connectivity index (χ3v) is 13.8. The van der Waals surface area contributed by atoms with Crippen LogP contribution in [0.1, 0.15) is 252 Å². The van der Waals surface area contributed by atoms with Gasteiger partial charge in [0, 0.05) is 12.8 Å². The van der Waals surface area contributed by atoms with Crippen molar-refractivity contribution in [3.63, 3.8) is 0 Å². The molecule has 0 radical (unpaired) electrons. The van der Waals surface area contributed by atoms with E-state index in [9.17, 15) is 19.0 Å². The third kappa shape index (κ3) is 53.8. The molecule has 3 atom stereocenters. The van der Waals surface area contributed by atoms with E-state index in [1.807, 2.05) is 33.3 Å². The van der Waals surface area contributed by atoms with E-state index >= 15 is 0 Å². The Hall–Kier alpha value is -2.81. The Morgan fingerprint density at radius 3 is 1.36 bits per heavy atom. The minimum Gasteiger partial charge on any atom is -0.456 e. The summed E-state index contributed by atoms with van der Waals surface area (Å²) in [7, 11) is 1.46. The molecule has 9 nitrogen and oxygen atoms in total. The van der Waals surface area contributed by atoms with Crippen LogP contribution in [0.3, 0.4) is 0 Å². The summed E-state index contributed by atoms with van der Waals surface area (Å²) in [6, 6.07) is -0.871. The number of hydrogen-bond acceptors (Lipinski definition) is 6. The van der Waals surface area contributed by atoms with Crippen LogP contribution < -0.4 is 5.32 Å². The molecule has 0 rings (SSSR count). The summed E-state index contributed by atoms with van der Waals surface area (Å²) in [5.74, 6) is -0.549. The van der Waals surface area contributed by atoms with Crippen molar-refractivity contribution in [1.29, 1.82) is 0 Å². The van der Waals surface area contributed by atoms with E-state index in [2.05, 4.69) is 99.0 Å². The van der Waals surface area contributed by atoms with Crippen LogP contribution in [0.15, 0.2) is 85.1 Å². The molecule has 10 heteroatoms. The molecule has 422 valence electrons. The maximum absolute atomic E-state index is 13.5. The van der Waals surface area contributed by atoms with Gasteiger partial charge in [0.15, 0.2) is 0 Å². The van der Waals surface area contributed by atoms with E-state index in [1.165, 1.54) is 109 Å². The fourth-order valence-electron chi connectivity index (χ4n) is 8.20. The van der Waals surface area contributed by atoms with Crippen molar-refractivity contribution in [2.75, 3.05) is 40.9 Å². The highest BCUT2D eigenvalue weighted by Crippen LogP contribution is 2.43. The summed E-state index contributed by atoms with van der Waals surface area (Å²) in [4.78, 5) is 37.7. The monoisotopic (exact) mass is 1040 g/mol. The average molecular weight is 1040 g/mol. The van der Waals surface area contributed by atoms with Crippen LogP contribution in [0.2, 0.25) is 0 Å². The van der Waals surface area contributed by atoms with Crippen molar-refractivity contribution < 1.29 is 37.3 Å². The van der Waals surface area contributed by atoms with Crippen LogP contribution in [0.5, 0.6) is 0 Å². The molecule has 0 saturated heterocycles. The van der Waals surface area contributed by atoms with Gasteiger partial charge in [-0.15, -0.1) is 0 Å². The number of quaternary nitrogens is 1. The molecule has 2 N–H and O–H groups in total. The lowest BCUT2D eigenvalue weighted by Crippen LogP contribution is -2.47.